The molecule has 4 heteroatoms. The van der Waals surface area contributed by atoms with Crippen LogP contribution in [0.2, 0.25) is 0 Å². The minimum absolute atomic E-state index is 0.0838. The molecule has 0 unspecified atom stereocenters. The highest BCUT2D eigenvalue weighted by Gasteiger charge is 1.96. The van der Waals surface area contributed by atoms with Crippen LogP contribution >= 0.6 is 0 Å². The van der Waals surface area contributed by atoms with Crippen molar-refractivity contribution in [2.24, 2.45) is 0 Å². The summed E-state index contributed by atoms with van der Waals surface area (Å²) in [5, 5.41) is 5.66. The lowest BCUT2D eigenvalue weighted by molar-refractivity contribution is -0.125. The lowest BCUT2D eigenvalue weighted by atomic mass is 10.4. The number of nitrogens with one attached hydrogen (secondary N) is 2. The molecular weight excluding hydrogens is 156 g/mol. The molecule has 0 aromatic rings. The Labute approximate surface area is 73.7 Å². The molecule has 1 amide bonds. The van der Waals surface area contributed by atoms with E-state index < -0.39 is 0 Å². The fourth-order valence-electron chi connectivity index (χ4n) is 0.657. The number of carbonyl (C=O) groups excluding carboxylic acids is 1. The first kappa shape index (κ1) is 11.4. The van der Waals surface area contributed by atoms with Gasteiger partial charge in [-0.25, -0.2) is 0 Å². The molecule has 2 N–H and O–H groups in total. The van der Waals surface area contributed by atoms with Crippen LogP contribution in [0.4, 0.5) is 0 Å². The summed E-state index contributed by atoms with van der Waals surface area (Å²) >= 11 is 0. The van der Waals surface area contributed by atoms with Crippen molar-refractivity contribution in [2.75, 3.05) is 26.8 Å². The minimum atomic E-state index is -0.0838. The number of rotatable bonds is 6. The maximum Gasteiger partial charge on any atom is 0.245 e. The fourth-order valence-corrected chi connectivity index (χ4v) is 0.657. The smallest absolute Gasteiger partial charge is 0.245 e. The highest BCUT2D eigenvalue weighted by atomic mass is 16.5. The van der Waals surface area contributed by atoms with Gasteiger partial charge in [0.1, 0.15) is 6.61 Å². The van der Waals surface area contributed by atoms with Crippen molar-refractivity contribution in [2.45, 2.75) is 19.9 Å². The Bertz CT molecular complexity index is 126. The summed E-state index contributed by atoms with van der Waals surface area (Å²) in [6.07, 6.45) is 0. The molecule has 0 spiro atoms. The Hall–Kier alpha value is -0.610. The Morgan fingerprint density at radius 3 is 2.67 bits per heavy atom. The zero-order chi connectivity index (χ0) is 9.40. The molecule has 0 aliphatic rings. The van der Waals surface area contributed by atoms with Crippen molar-refractivity contribution in [1.29, 1.82) is 0 Å². The van der Waals surface area contributed by atoms with Crippen molar-refractivity contribution < 1.29 is 9.53 Å². The van der Waals surface area contributed by atoms with E-state index in [2.05, 4.69) is 24.5 Å². The fraction of sp³-hybridized carbons (Fsp3) is 0.875. The molecule has 0 bridgehead atoms. The Balaban J connectivity index is 3.05. The number of likely N-dealkylation sites (N-methyl/N-ethyl adjacent to an activating group) is 1. The molecule has 0 radical (unpaired) electrons. The molecule has 4 nitrogen and oxygen atoms in total. The monoisotopic (exact) mass is 174 g/mol. The molecule has 0 heterocycles. The maximum absolute atomic E-state index is 10.7. The first-order chi connectivity index (χ1) is 5.66. The van der Waals surface area contributed by atoms with Crippen LogP contribution in [0.25, 0.3) is 0 Å². The normalized spacial score (nSPS) is 10.3. The molecule has 0 aromatic heterocycles. The Kier molecular flexibility index (Phi) is 6.70. The number of amides is 1. The minimum Gasteiger partial charge on any atom is -0.370 e. The van der Waals surface area contributed by atoms with Crippen LogP contribution in [0.15, 0.2) is 0 Å². The quantitative estimate of drug-likeness (QED) is 0.546. The summed E-state index contributed by atoms with van der Waals surface area (Å²) < 4.78 is 5.06. The Morgan fingerprint density at radius 1 is 1.50 bits per heavy atom. The third kappa shape index (κ3) is 7.50. The summed E-state index contributed by atoms with van der Waals surface area (Å²) in [5.74, 6) is -0.0838. The van der Waals surface area contributed by atoms with Gasteiger partial charge in [0.15, 0.2) is 0 Å². The molecule has 12 heavy (non-hydrogen) atoms. The zero-order valence-corrected chi connectivity index (χ0v) is 8.02. The van der Waals surface area contributed by atoms with Gasteiger partial charge in [0.2, 0.25) is 5.91 Å². The van der Waals surface area contributed by atoms with Crippen LogP contribution in [-0.4, -0.2) is 38.8 Å². The third-order valence-electron chi connectivity index (χ3n) is 1.31. The average molecular weight is 174 g/mol. The van der Waals surface area contributed by atoms with Gasteiger partial charge in [0.05, 0.1) is 6.61 Å². The number of carbonyl (C=O) groups is 1. The van der Waals surface area contributed by atoms with Crippen molar-refractivity contribution in [3.05, 3.63) is 0 Å². The standard InChI is InChI=1S/C8H18N2O2/c1-7(2)10-4-5-12-6-8(11)9-3/h7,10H,4-6H2,1-3H3,(H,9,11). The van der Waals surface area contributed by atoms with Crippen molar-refractivity contribution in [3.63, 3.8) is 0 Å². The average Bonchev–Trinajstić information content (AvgIpc) is 2.03. The van der Waals surface area contributed by atoms with Gasteiger partial charge in [0, 0.05) is 19.6 Å². The van der Waals surface area contributed by atoms with Crippen LogP contribution < -0.4 is 10.6 Å². The molecule has 0 saturated carbocycles. The highest BCUT2D eigenvalue weighted by molar-refractivity contribution is 5.76. The predicted molar refractivity (Wildman–Crippen MR) is 48.0 cm³/mol. The summed E-state index contributed by atoms with van der Waals surface area (Å²) in [4.78, 5) is 10.7. The van der Waals surface area contributed by atoms with E-state index >= 15 is 0 Å². The Morgan fingerprint density at radius 2 is 2.17 bits per heavy atom. The maximum atomic E-state index is 10.7. The summed E-state index contributed by atoms with van der Waals surface area (Å²) in [6, 6.07) is 0.466. The summed E-state index contributed by atoms with van der Waals surface area (Å²) in [6.45, 7) is 5.65. The topological polar surface area (TPSA) is 50.4 Å². The zero-order valence-electron chi connectivity index (χ0n) is 8.02. The summed E-state index contributed by atoms with van der Waals surface area (Å²) in [5.41, 5.74) is 0. The van der Waals surface area contributed by atoms with Gasteiger partial charge in [-0.1, -0.05) is 13.8 Å². The number of ether oxygens (including phenoxy) is 1. The van der Waals surface area contributed by atoms with Crippen molar-refractivity contribution in [3.8, 4) is 0 Å². The van der Waals surface area contributed by atoms with Crippen LogP contribution in [0.5, 0.6) is 0 Å². The van der Waals surface area contributed by atoms with E-state index in [4.69, 9.17) is 4.74 Å². The molecule has 0 fully saturated rings. The van der Waals surface area contributed by atoms with E-state index in [1.807, 2.05) is 0 Å². The highest BCUT2D eigenvalue weighted by Crippen LogP contribution is 1.77. The van der Waals surface area contributed by atoms with Gasteiger partial charge < -0.3 is 15.4 Å². The van der Waals surface area contributed by atoms with Crippen LogP contribution in [0, 0.1) is 0 Å². The van der Waals surface area contributed by atoms with Crippen LogP contribution in [-0.2, 0) is 9.53 Å². The van der Waals surface area contributed by atoms with Gasteiger partial charge in [-0.3, -0.25) is 4.79 Å². The SMILES string of the molecule is CNC(=O)COCCNC(C)C. The van der Waals surface area contributed by atoms with Gasteiger partial charge in [-0.05, 0) is 0 Å². The van der Waals surface area contributed by atoms with Gasteiger partial charge in [-0.15, -0.1) is 0 Å². The second-order valence-electron chi connectivity index (χ2n) is 2.83. The molecule has 72 valence electrons. The third-order valence-corrected chi connectivity index (χ3v) is 1.31. The molecule has 0 aromatic carbocycles. The van der Waals surface area contributed by atoms with E-state index in [1.54, 1.807) is 7.05 Å². The van der Waals surface area contributed by atoms with E-state index in [9.17, 15) is 4.79 Å². The van der Waals surface area contributed by atoms with E-state index in [1.165, 1.54) is 0 Å². The lowest BCUT2D eigenvalue weighted by Crippen LogP contribution is -2.29. The first-order valence-corrected chi connectivity index (χ1v) is 4.18. The van der Waals surface area contributed by atoms with Crippen molar-refractivity contribution >= 4 is 5.91 Å². The van der Waals surface area contributed by atoms with Gasteiger partial charge >= 0.3 is 0 Å². The largest absolute Gasteiger partial charge is 0.370 e. The molecule has 0 aliphatic heterocycles. The van der Waals surface area contributed by atoms with E-state index in [-0.39, 0.29) is 12.5 Å². The first-order valence-electron chi connectivity index (χ1n) is 4.18. The van der Waals surface area contributed by atoms with Crippen LogP contribution in [0.1, 0.15) is 13.8 Å². The van der Waals surface area contributed by atoms with Crippen molar-refractivity contribution in [1.82, 2.24) is 10.6 Å². The molecular formula is C8H18N2O2. The van der Waals surface area contributed by atoms with Gasteiger partial charge in [-0.2, -0.15) is 0 Å². The summed E-state index contributed by atoms with van der Waals surface area (Å²) in [7, 11) is 1.60. The second kappa shape index (κ2) is 7.06. The number of hydrogen-bond donors (Lipinski definition) is 2. The molecule has 0 atom stereocenters. The molecule has 0 rings (SSSR count). The second-order valence-corrected chi connectivity index (χ2v) is 2.83. The van der Waals surface area contributed by atoms with Gasteiger partial charge in [0.25, 0.3) is 0 Å². The molecule has 0 saturated heterocycles. The predicted octanol–water partition coefficient (Wildman–Crippen LogP) is -0.253. The lowest BCUT2D eigenvalue weighted by Gasteiger charge is -2.07. The van der Waals surface area contributed by atoms with E-state index in [0.717, 1.165) is 6.54 Å². The number of hydrogen-bond acceptors (Lipinski definition) is 3. The van der Waals surface area contributed by atoms with E-state index in [0.29, 0.717) is 12.6 Å². The molecule has 0 aliphatic carbocycles. The van der Waals surface area contributed by atoms with Crippen LogP contribution in [0.3, 0.4) is 0 Å².